The molecular formula is C10H13N5O2. The molecule has 0 saturated carbocycles. The molecule has 1 aliphatic heterocycles. The van der Waals surface area contributed by atoms with Crippen molar-refractivity contribution in [2.45, 2.75) is 12.0 Å². The van der Waals surface area contributed by atoms with E-state index in [-0.39, 0.29) is 12.0 Å². The van der Waals surface area contributed by atoms with E-state index in [1.807, 2.05) is 7.05 Å². The maximum absolute atomic E-state index is 5.40. The molecule has 2 aromatic rings. The van der Waals surface area contributed by atoms with Crippen molar-refractivity contribution in [2.75, 3.05) is 20.3 Å². The monoisotopic (exact) mass is 235 g/mol. The lowest BCUT2D eigenvalue weighted by atomic mass is 10.0. The molecule has 0 aliphatic carbocycles. The number of hydrogen-bond acceptors (Lipinski definition) is 6. The van der Waals surface area contributed by atoms with E-state index < -0.39 is 0 Å². The minimum atomic E-state index is 0.108. The summed E-state index contributed by atoms with van der Waals surface area (Å²) in [6, 6.07) is 0.222. The molecule has 1 fully saturated rings. The maximum atomic E-state index is 5.40. The number of likely N-dealkylation sites (N-methyl/N-ethyl adjacent to an activating group) is 1. The number of nitrogens with one attached hydrogen (secondary N) is 2. The number of aromatic nitrogens is 4. The van der Waals surface area contributed by atoms with Gasteiger partial charge in [0.1, 0.15) is 0 Å². The van der Waals surface area contributed by atoms with E-state index in [0.717, 1.165) is 0 Å². The van der Waals surface area contributed by atoms with Gasteiger partial charge in [0.05, 0.1) is 19.1 Å². The molecule has 0 radical (unpaired) electrons. The van der Waals surface area contributed by atoms with Crippen molar-refractivity contribution in [1.29, 1.82) is 0 Å². The molecule has 3 heterocycles. The van der Waals surface area contributed by atoms with E-state index in [0.29, 0.717) is 30.8 Å². The average molecular weight is 235 g/mol. The molecular weight excluding hydrogens is 222 g/mol. The van der Waals surface area contributed by atoms with Gasteiger partial charge in [-0.05, 0) is 7.05 Å². The van der Waals surface area contributed by atoms with Crippen LogP contribution in [0.3, 0.4) is 0 Å². The molecule has 2 N–H and O–H groups in total. The molecule has 1 aliphatic rings. The summed E-state index contributed by atoms with van der Waals surface area (Å²) in [7, 11) is 1.90. The van der Waals surface area contributed by atoms with Gasteiger partial charge in [-0.2, -0.15) is 4.98 Å². The third-order valence-corrected chi connectivity index (χ3v) is 2.92. The van der Waals surface area contributed by atoms with Crippen molar-refractivity contribution < 1.29 is 9.26 Å². The van der Waals surface area contributed by atoms with E-state index in [2.05, 4.69) is 25.4 Å². The number of hydrogen-bond donors (Lipinski definition) is 2. The van der Waals surface area contributed by atoms with Gasteiger partial charge in [-0.25, -0.2) is 4.98 Å². The fraction of sp³-hybridized carbons (Fsp3) is 0.500. The van der Waals surface area contributed by atoms with Gasteiger partial charge < -0.3 is 19.6 Å². The average Bonchev–Trinajstić information content (AvgIpc) is 3.09. The molecule has 2 aromatic heterocycles. The van der Waals surface area contributed by atoms with Gasteiger partial charge in [-0.1, -0.05) is 5.16 Å². The van der Waals surface area contributed by atoms with Gasteiger partial charge in [0.2, 0.25) is 11.7 Å². The van der Waals surface area contributed by atoms with Crippen LogP contribution >= 0.6 is 0 Å². The molecule has 7 nitrogen and oxygen atoms in total. The van der Waals surface area contributed by atoms with Gasteiger partial charge in [0.25, 0.3) is 0 Å². The Labute approximate surface area is 97.6 Å². The number of ether oxygens (including phenoxy) is 1. The fourth-order valence-electron chi connectivity index (χ4n) is 1.95. The van der Waals surface area contributed by atoms with Gasteiger partial charge in [-0.15, -0.1) is 0 Å². The minimum absolute atomic E-state index is 0.108. The second kappa shape index (κ2) is 4.27. The van der Waals surface area contributed by atoms with Crippen LogP contribution in [0.4, 0.5) is 0 Å². The predicted octanol–water partition coefficient (Wildman–Crippen LogP) is 0.161. The summed E-state index contributed by atoms with van der Waals surface area (Å²) in [6.45, 7) is 1.27. The highest BCUT2D eigenvalue weighted by atomic mass is 16.5. The molecule has 2 unspecified atom stereocenters. The van der Waals surface area contributed by atoms with Crippen molar-refractivity contribution >= 4 is 0 Å². The summed E-state index contributed by atoms with van der Waals surface area (Å²) in [5, 5.41) is 7.09. The van der Waals surface area contributed by atoms with E-state index in [9.17, 15) is 0 Å². The van der Waals surface area contributed by atoms with Crippen molar-refractivity contribution in [3.05, 3.63) is 18.3 Å². The van der Waals surface area contributed by atoms with Crippen LogP contribution in [-0.2, 0) is 4.74 Å². The van der Waals surface area contributed by atoms with Crippen molar-refractivity contribution in [2.24, 2.45) is 0 Å². The zero-order valence-corrected chi connectivity index (χ0v) is 9.38. The minimum Gasteiger partial charge on any atom is -0.379 e. The van der Waals surface area contributed by atoms with E-state index in [1.165, 1.54) is 0 Å². The number of imidazole rings is 1. The van der Waals surface area contributed by atoms with Crippen LogP contribution in [0.15, 0.2) is 16.9 Å². The Hall–Kier alpha value is -1.73. The van der Waals surface area contributed by atoms with Gasteiger partial charge >= 0.3 is 0 Å². The molecule has 17 heavy (non-hydrogen) atoms. The van der Waals surface area contributed by atoms with Crippen molar-refractivity contribution in [3.8, 4) is 11.6 Å². The summed E-state index contributed by atoms with van der Waals surface area (Å²) in [4.78, 5) is 11.4. The summed E-state index contributed by atoms with van der Waals surface area (Å²) in [5.41, 5.74) is 0. The zero-order valence-electron chi connectivity index (χ0n) is 9.38. The summed E-state index contributed by atoms with van der Waals surface area (Å²) >= 11 is 0. The summed E-state index contributed by atoms with van der Waals surface area (Å²) in [5.74, 6) is 1.79. The zero-order chi connectivity index (χ0) is 11.7. The standard InChI is InChI=1S/C10H13N5O2/c1-11-7-5-16-4-6(7)10-14-9(15-17-10)8-12-2-3-13-8/h2-3,6-7,11H,4-5H2,1H3,(H,12,13). The fourth-order valence-corrected chi connectivity index (χ4v) is 1.95. The smallest absolute Gasteiger partial charge is 0.238 e. The third-order valence-electron chi connectivity index (χ3n) is 2.92. The molecule has 0 spiro atoms. The molecule has 2 atom stereocenters. The Bertz CT molecular complexity index is 481. The molecule has 0 amide bonds. The number of aromatic amines is 1. The quantitative estimate of drug-likeness (QED) is 0.787. The van der Waals surface area contributed by atoms with E-state index in [4.69, 9.17) is 9.26 Å². The molecule has 1 saturated heterocycles. The normalized spacial score (nSPS) is 24.3. The molecule has 0 aromatic carbocycles. The molecule has 0 bridgehead atoms. The Morgan fingerprint density at radius 2 is 2.41 bits per heavy atom. The highest BCUT2D eigenvalue weighted by Crippen LogP contribution is 2.25. The Morgan fingerprint density at radius 3 is 3.18 bits per heavy atom. The highest BCUT2D eigenvalue weighted by molar-refractivity contribution is 5.41. The lowest BCUT2D eigenvalue weighted by molar-refractivity contribution is 0.185. The first-order valence-corrected chi connectivity index (χ1v) is 5.47. The number of H-pyrrole nitrogens is 1. The lowest BCUT2D eigenvalue weighted by Gasteiger charge is -2.11. The topological polar surface area (TPSA) is 88.9 Å². The van der Waals surface area contributed by atoms with Crippen LogP contribution in [0.1, 0.15) is 11.8 Å². The van der Waals surface area contributed by atoms with Gasteiger partial charge in [0, 0.05) is 18.4 Å². The van der Waals surface area contributed by atoms with Crippen LogP contribution in [0, 0.1) is 0 Å². The van der Waals surface area contributed by atoms with Crippen LogP contribution in [-0.4, -0.2) is 46.4 Å². The van der Waals surface area contributed by atoms with Gasteiger partial charge in [-0.3, -0.25) is 0 Å². The SMILES string of the molecule is CNC1COCC1c1nc(-c2ncc[nH]2)no1. The Balaban J connectivity index is 1.85. The van der Waals surface area contributed by atoms with Crippen LogP contribution in [0.2, 0.25) is 0 Å². The second-order valence-corrected chi connectivity index (χ2v) is 3.93. The first-order valence-electron chi connectivity index (χ1n) is 5.47. The maximum Gasteiger partial charge on any atom is 0.238 e. The Kier molecular flexibility index (Phi) is 2.62. The number of rotatable bonds is 3. The van der Waals surface area contributed by atoms with Crippen LogP contribution in [0.25, 0.3) is 11.6 Å². The van der Waals surface area contributed by atoms with Gasteiger partial charge in [0.15, 0.2) is 5.82 Å². The highest BCUT2D eigenvalue weighted by Gasteiger charge is 2.33. The van der Waals surface area contributed by atoms with Crippen molar-refractivity contribution in [3.63, 3.8) is 0 Å². The van der Waals surface area contributed by atoms with Crippen LogP contribution < -0.4 is 5.32 Å². The lowest BCUT2D eigenvalue weighted by Crippen LogP contribution is -2.31. The molecule has 7 heteroatoms. The second-order valence-electron chi connectivity index (χ2n) is 3.93. The molecule has 3 rings (SSSR count). The van der Waals surface area contributed by atoms with Crippen LogP contribution in [0.5, 0.6) is 0 Å². The predicted molar refractivity (Wildman–Crippen MR) is 58.3 cm³/mol. The summed E-state index contributed by atoms with van der Waals surface area (Å²) in [6.07, 6.45) is 3.38. The first kappa shape index (κ1) is 10.4. The van der Waals surface area contributed by atoms with E-state index >= 15 is 0 Å². The van der Waals surface area contributed by atoms with Crippen molar-refractivity contribution in [1.82, 2.24) is 25.4 Å². The summed E-state index contributed by atoms with van der Waals surface area (Å²) < 4.78 is 10.7. The largest absolute Gasteiger partial charge is 0.379 e. The first-order chi connectivity index (χ1) is 8.38. The molecule has 90 valence electrons. The number of nitrogens with zero attached hydrogens (tertiary/aromatic N) is 3. The van der Waals surface area contributed by atoms with E-state index in [1.54, 1.807) is 12.4 Å². The third kappa shape index (κ3) is 1.83. The Morgan fingerprint density at radius 1 is 1.47 bits per heavy atom.